The van der Waals surface area contributed by atoms with Crippen molar-refractivity contribution >= 4 is 28.6 Å². The second-order valence-corrected chi connectivity index (χ2v) is 11.1. The van der Waals surface area contributed by atoms with Crippen LogP contribution in [0.25, 0.3) is 0 Å². The predicted molar refractivity (Wildman–Crippen MR) is 153 cm³/mol. The molecule has 42 heavy (non-hydrogen) atoms. The molecule has 2 heterocycles. The van der Waals surface area contributed by atoms with Gasteiger partial charge >= 0.3 is 12.4 Å². The first-order valence-electron chi connectivity index (χ1n) is 14.0. The Kier molecular flexibility index (Phi) is 11.0. The molecular formula is C29H36F6N4O2S. The summed E-state index contributed by atoms with van der Waals surface area (Å²) >= 11 is 5.70. The van der Waals surface area contributed by atoms with Crippen molar-refractivity contribution in [2.75, 3.05) is 50.6 Å². The second kappa shape index (κ2) is 14.2. The molecule has 0 aromatic heterocycles. The Morgan fingerprint density at radius 1 is 0.905 bits per heavy atom. The van der Waals surface area contributed by atoms with Crippen molar-refractivity contribution in [2.45, 2.75) is 63.2 Å². The quantitative estimate of drug-likeness (QED) is 0.169. The van der Waals surface area contributed by atoms with Crippen LogP contribution in [0.5, 0.6) is 0 Å². The standard InChI is InChI=1S/C29H36F6N4O2S/c1-40-37-26-7-6-23(18-25(26)29(33,34)35)36-22-8-16-39(17-9-22)27(42)12-15-38-13-10-24(11-14-38)41-19-20-2-4-21(5-3-20)28(30,31)32/h2-7,18,22,24,36-37H,8-17,19H2,1H3. The number of thiocarbonyl (C=S) groups is 1. The molecule has 2 aromatic carbocycles. The third-order valence-corrected chi connectivity index (χ3v) is 8.16. The smallest absolute Gasteiger partial charge is 0.382 e. The summed E-state index contributed by atoms with van der Waals surface area (Å²) in [5, 5.41) is 3.24. The Balaban J connectivity index is 1.14. The van der Waals surface area contributed by atoms with Crippen LogP contribution in [0, 0.1) is 0 Å². The number of piperidine rings is 2. The lowest BCUT2D eigenvalue weighted by Crippen LogP contribution is -2.43. The minimum Gasteiger partial charge on any atom is -0.382 e. The molecule has 2 fully saturated rings. The zero-order valence-corrected chi connectivity index (χ0v) is 24.2. The highest BCUT2D eigenvalue weighted by Gasteiger charge is 2.34. The highest BCUT2D eigenvalue weighted by atomic mass is 32.1. The Hall–Kier alpha value is -2.61. The maximum absolute atomic E-state index is 13.5. The molecule has 2 N–H and O–H groups in total. The maximum Gasteiger partial charge on any atom is 0.418 e. The Labute approximate surface area is 247 Å². The van der Waals surface area contributed by atoms with Gasteiger partial charge < -0.3 is 19.9 Å². The zero-order valence-electron chi connectivity index (χ0n) is 23.4. The van der Waals surface area contributed by atoms with E-state index in [1.54, 1.807) is 6.07 Å². The summed E-state index contributed by atoms with van der Waals surface area (Å²) in [4.78, 5) is 10.1. The summed E-state index contributed by atoms with van der Waals surface area (Å²) in [6.07, 6.45) is -4.79. The molecule has 2 aromatic rings. The van der Waals surface area contributed by atoms with E-state index in [0.29, 0.717) is 5.69 Å². The van der Waals surface area contributed by atoms with Gasteiger partial charge in [-0.1, -0.05) is 24.4 Å². The summed E-state index contributed by atoms with van der Waals surface area (Å²) < 4.78 is 84.5. The van der Waals surface area contributed by atoms with Crippen LogP contribution >= 0.6 is 12.2 Å². The molecule has 0 spiro atoms. The molecule has 0 bridgehead atoms. The fourth-order valence-electron chi connectivity index (χ4n) is 5.29. The third kappa shape index (κ3) is 9.19. The van der Waals surface area contributed by atoms with E-state index in [1.165, 1.54) is 25.3 Å². The number of anilines is 2. The van der Waals surface area contributed by atoms with Crippen LogP contribution in [0.15, 0.2) is 42.5 Å². The number of alkyl halides is 6. The van der Waals surface area contributed by atoms with Gasteiger partial charge in [0.2, 0.25) is 0 Å². The zero-order chi connectivity index (χ0) is 30.3. The average Bonchev–Trinajstić information content (AvgIpc) is 2.96. The molecule has 0 radical (unpaired) electrons. The first kappa shape index (κ1) is 32.3. The van der Waals surface area contributed by atoms with Gasteiger partial charge in [-0.15, -0.1) is 0 Å². The van der Waals surface area contributed by atoms with Gasteiger partial charge in [0.25, 0.3) is 0 Å². The summed E-state index contributed by atoms with van der Waals surface area (Å²) in [5.41, 5.74) is 1.83. The normalized spacial score (nSPS) is 17.8. The summed E-state index contributed by atoms with van der Waals surface area (Å²) in [6.45, 7) is 4.34. The van der Waals surface area contributed by atoms with Crippen molar-refractivity contribution in [3.63, 3.8) is 0 Å². The monoisotopic (exact) mass is 618 g/mol. The van der Waals surface area contributed by atoms with Crippen molar-refractivity contribution in [1.82, 2.24) is 9.80 Å². The number of hydrogen-bond acceptors (Lipinski definition) is 6. The average molecular weight is 619 g/mol. The molecule has 13 heteroatoms. The fraction of sp³-hybridized carbons (Fsp3) is 0.552. The molecule has 0 aliphatic carbocycles. The van der Waals surface area contributed by atoms with Crippen LogP contribution in [0.4, 0.5) is 37.7 Å². The van der Waals surface area contributed by atoms with E-state index >= 15 is 0 Å². The molecule has 4 rings (SSSR count). The largest absolute Gasteiger partial charge is 0.418 e. The molecular weight excluding hydrogens is 582 g/mol. The van der Waals surface area contributed by atoms with Gasteiger partial charge in [0.1, 0.15) is 0 Å². The molecule has 0 atom stereocenters. The van der Waals surface area contributed by atoms with Gasteiger partial charge in [-0.3, -0.25) is 10.3 Å². The van der Waals surface area contributed by atoms with Crippen molar-refractivity contribution in [3.8, 4) is 0 Å². The van der Waals surface area contributed by atoms with Crippen LogP contribution in [-0.4, -0.2) is 66.8 Å². The minimum atomic E-state index is -4.51. The van der Waals surface area contributed by atoms with Gasteiger partial charge in [-0.2, -0.15) is 26.3 Å². The molecule has 6 nitrogen and oxygen atoms in total. The van der Waals surface area contributed by atoms with Crippen LogP contribution in [0.2, 0.25) is 0 Å². The molecule has 232 valence electrons. The SMILES string of the molecule is CONc1ccc(NC2CCN(C(=S)CCN3CCC(OCc4ccc(C(F)(F)F)cc4)CC3)CC2)cc1C(F)(F)F. The first-order chi connectivity index (χ1) is 19.9. The van der Waals surface area contributed by atoms with E-state index in [9.17, 15) is 26.3 Å². The van der Waals surface area contributed by atoms with Crippen LogP contribution in [-0.2, 0) is 28.5 Å². The Bertz CT molecular complexity index is 1160. The topological polar surface area (TPSA) is 49.0 Å². The van der Waals surface area contributed by atoms with Gasteiger partial charge in [-0.05, 0) is 61.6 Å². The number of hydrogen-bond donors (Lipinski definition) is 2. The number of nitrogens with zero attached hydrogens (tertiary/aromatic N) is 2. The number of benzene rings is 2. The van der Waals surface area contributed by atoms with Crippen molar-refractivity contribution in [1.29, 1.82) is 0 Å². The number of ether oxygens (including phenoxy) is 1. The maximum atomic E-state index is 13.5. The van der Waals surface area contributed by atoms with Gasteiger partial charge in [0.15, 0.2) is 0 Å². The number of halogens is 6. The van der Waals surface area contributed by atoms with E-state index in [0.717, 1.165) is 93.6 Å². The lowest BCUT2D eigenvalue weighted by atomic mass is 10.0. The van der Waals surface area contributed by atoms with Crippen molar-refractivity contribution in [2.24, 2.45) is 0 Å². The van der Waals surface area contributed by atoms with Crippen LogP contribution in [0.3, 0.4) is 0 Å². The molecule has 2 aliphatic rings. The minimum absolute atomic E-state index is 0.0490. The van der Waals surface area contributed by atoms with Gasteiger partial charge in [0, 0.05) is 50.9 Å². The number of nitrogens with one attached hydrogen (secondary N) is 2. The van der Waals surface area contributed by atoms with E-state index in [1.807, 2.05) is 0 Å². The number of likely N-dealkylation sites (tertiary alicyclic amines) is 2. The van der Waals surface area contributed by atoms with E-state index in [2.05, 4.69) is 25.4 Å². The van der Waals surface area contributed by atoms with Crippen LogP contribution in [0.1, 0.15) is 48.8 Å². The molecule has 2 saturated heterocycles. The Morgan fingerprint density at radius 3 is 2.17 bits per heavy atom. The second-order valence-electron chi connectivity index (χ2n) is 10.7. The molecule has 0 unspecified atom stereocenters. The van der Waals surface area contributed by atoms with E-state index in [4.69, 9.17) is 17.0 Å². The molecule has 2 aliphatic heterocycles. The lowest BCUT2D eigenvalue weighted by molar-refractivity contribution is -0.138. The third-order valence-electron chi connectivity index (χ3n) is 7.70. The molecule has 0 saturated carbocycles. The van der Waals surface area contributed by atoms with Crippen molar-refractivity contribution in [3.05, 3.63) is 59.2 Å². The van der Waals surface area contributed by atoms with Crippen LogP contribution < -0.4 is 10.8 Å². The molecule has 0 amide bonds. The number of rotatable bonds is 10. The summed E-state index contributed by atoms with van der Waals surface area (Å²) in [7, 11) is 1.26. The van der Waals surface area contributed by atoms with Gasteiger partial charge in [-0.25, -0.2) is 0 Å². The van der Waals surface area contributed by atoms with E-state index in [-0.39, 0.29) is 24.4 Å². The Morgan fingerprint density at radius 2 is 1.57 bits per heavy atom. The van der Waals surface area contributed by atoms with Gasteiger partial charge in [0.05, 0.1) is 41.6 Å². The highest BCUT2D eigenvalue weighted by Crippen LogP contribution is 2.37. The highest BCUT2D eigenvalue weighted by molar-refractivity contribution is 7.80. The first-order valence-corrected chi connectivity index (χ1v) is 14.4. The predicted octanol–water partition coefficient (Wildman–Crippen LogP) is 6.97. The lowest BCUT2D eigenvalue weighted by Gasteiger charge is -2.36. The van der Waals surface area contributed by atoms with Crippen molar-refractivity contribution < 1.29 is 35.9 Å². The summed E-state index contributed by atoms with van der Waals surface area (Å²) in [6, 6.07) is 9.19. The fourth-order valence-corrected chi connectivity index (χ4v) is 5.57. The van der Waals surface area contributed by atoms with E-state index < -0.39 is 23.5 Å². The summed E-state index contributed by atoms with van der Waals surface area (Å²) in [5.74, 6) is 0.